The van der Waals surface area contributed by atoms with Crippen molar-refractivity contribution < 1.29 is 22.7 Å². The lowest BCUT2D eigenvalue weighted by Gasteiger charge is -2.20. The first kappa shape index (κ1) is 23.1. The van der Waals surface area contributed by atoms with Gasteiger partial charge in [0.15, 0.2) is 0 Å². The third-order valence-corrected chi connectivity index (χ3v) is 7.39. The Morgan fingerprint density at radius 1 is 0.935 bits per heavy atom. The minimum atomic E-state index is -3.45. The predicted molar refractivity (Wildman–Crippen MR) is 119 cm³/mol. The first-order valence-corrected chi connectivity index (χ1v) is 12.0. The Morgan fingerprint density at radius 3 is 2.06 bits per heavy atom. The number of hydrogen-bond donors (Lipinski definition) is 1. The van der Waals surface area contributed by atoms with Crippen molar-refractivity contribution in [3.63, 3.8) is 0 Å². The molecule has 1 heterocycles. The summed E-state index contributed by atoms with van der Waals surface area (Å²) in [5.41, 5.74) is 1.30. The van der Waals surface area contributed by atoms with Gasteiger partial charge in [0.2, 0.25) is 10.0 Å². The molecule has 1 saturated heterocycles. The molecule has 3 rings (SSSR count). The highest BCUT2D eigenvalue weighted by atomic mass is 32.2. The Labute approximate surface area is 184 Å². The fourth-order valence-electron chi connectivity index (χ4n) is 3.74. The van der Waals surface area contributed by atoms with Crippen molar-refractivity contribution in [1.29, 1.82) is 0 Å². The van der Waals surface area contributed by atoms with E-state index >= 15 is 0 Å². The number of rotatable bonds is 8. The standard InChI is InChI=1S/C23H30N2O5S/c1-29-20-8-7-9-21(30-2)22(20)23(26)24-15-14-18-10-12-19(13-11-18)31(27,28)25-16-5-3-4-6-17-25/h7-13H,3-6,14-17H2,1-2H3,(H,24,26). The van der Waals surface area contributed by atoms with E-state index in [-0.39, 0.29) is 5.91 Å². The Morgan fingerprint density at radius 2 is 1.52 bits per heavy atom. The first-order chi connectivity index (χ1) is 15.0. The lowest BCUT2D eigenvalue weighted by atomic mass is 10.1. The minimum Gasteiger partial charge on any atom is -0.496 e. The smallest absolute Gasteiger partial charge is 0.258 e. The zero-order valence-electron chi connectivity index (χ0n) is 18.1. The molecule has 7 nitrogen and oxygen atoms in total. The summed E-state index contributed by atoms with van der Waals surface area (Å²) in [5.74, 6) is 0.606. The van der Waals surface area contributed by atoms with E-state index in [1.165, 1.54) is 14.2 Å². The summed E-state index contributed by atoms with van der Waals surface area (Å²) in [5, 5.41) is 2.87. The molecule has 0 atom stereocenters. The molecule has 1 amide bonds. The van der Waals surface area contributed by atoms with Crippen molar-refractivity contribution in [3.8, 4) is 11.5 Å². The van der Waals surface area contributed by atoms with Crippen LogP contribution in [0.25, 0.3) is 0 Å². The van der Waals surface area contributed by atoms with Crippen LogP contribution < -0.4 is 14.8 Å². The van der Waals surface area contributed by atoms with E-state index in [0.29, 0.717) is 48.0 Å². The molecule has 31 heavy (non-hydrogen) atoms. The summed E-state index contributed by atoms with van der Waals surface area (Å²) in [7, 11) is -0.438. The maximum absolute atomic E-state index is 12.9. The fraction of sp³-hybridized carbons (Fsp3) is 0.435. The van der Waals surface area contributed by atoms with Crippen molar-refractivity contribution in [2.24, 2.45) is 0 Å². The number of nitrogens with zero attached hydrogens (tertiary/aromatic N) is 1. The number of methoxy groups -OCH3 is 2. The third kappa shape index (κ3) is 5.57. The number of benzene rings is 2. The summed E-state index contributed by atoms with van der Waals surface area (Å²) in [4.78, 5) is 12.9. The summed E-state index contributed by atoms with van der Waals surface area (Å²) in [6.07, 6.45) is 4.56. The minimum absolute atomic E-state index is 0.283. The van der Waals surface area contributed by atoms with E-state index in [1.807, 2.05) is 0 Å². The van der Waals surface area contributed by atoms with E-state index in [0.717, 1.165) is 31.2 Å². The highest BCUT2D eigenvalue weighted by Gasteiger charge is 2.25. The average Bonchev–Trinajstić information content (AvgIpc) is 3.09. The molecule has 0 radical (unpaired) electrons. The fourth-order valence-corrected chi connectivity index (χ4v) is 5.26. The molecule has 1 fully saturated rings. The number of carbonyl (C=O) groups is 1. The average molecular weight is 447 g/mol. The van der Waals surface area contributed by atoms with Crippen LogP contribution in [0.15, 0.2) is 47.4 Å². The topological polar surface area (TPSA) is 84.9 Å². The van der Waals surface area contributed by atoms with Gasteiger partial charge in [-0.15, -0.1) is 0 Å². The number of hydrogen-bond acceptors (Lipinski definition) is 5. The van der Waals surface area contributed by atoms with Gasteiger partial charge in [-0.1, -0.05) is 31.0 Å². The molecule has 1 N–H and O–H groups in total. The van der Waals surface area contributed by atoms with E-state index in [1.54, 1.807) is 46.8 Å². The van der Waals surface area contributed by atoms with Gasteiger partial charge in [-0.25, -0.2) is 8.42 Å². The Bertz CT molecular complexity index is 959. The molecular weight excluding hydrogens is 416 g/mol. The molecule has 0 bridgehead atoms. The highest BCUT2D eigenvalue weighted by molar-refractivity contribution is 7.89. The van der Waals surface area contributed by atoms with Crippen LogP contribution >= 0.6 is 0 Å². The largest absolute Gasteiger partial charge is 0.496 e. The number of amides is 1. The van der Waals surface area contributed by atoms with Gasteiger partial charge in [0.25, 0.3) is 5.91 Å². The molecule has 0 saturated carbocycles. The van der Waals surface area contributed by atoms with Gasteiger partial charge in [0.05, 0.1) is 19.1 Å². The lowest BCUT2D eigenvalue weighted by molar-refractivity contribution is 0.0948. The molecule has 8 heteroatoms. The third-order valence-electron chi connectivity index (χ3n) is 5.48. The number of nitrogens with one attached hydrogen (secondary N) is 1. The second-order valence-corrected chi connectivity index (χ2v) is 9.44. The van der Waals surface area contributed by atoms with Crippen LogP contribution in [0.2, 0.25) is 0 Å². The van der Waals surface area contributed by atoms with Crippen LogP contribution in [0, 0.1) is 0 Å². The quantitative estimate of drug-likeness (QED) is 0.673. The SMILES string of the molecule is COc1cccc(OC)c1C(=O)NCCc1ccc(S(=O)(=O)N2CCCCCC2)cc1. The first-order valence-electron chi connectivity index (χ1n) is 10.6. The lowest BCUT2D eigenvalue weighted by Crippen LogP contribution is -2.31. The van der Waals surface area contributed by atoms with Gasteiger partial charge >= 0.3 is 0 Å². The van der Waals surface area contributed by atoms with E-state index in [9.17, 15) is 13.2 Å². The Hall–Kier alpha value is -2.58. The van der Waals surface area contributed by atoms with Crippen LogP contribution in [-0.2, 0) is 16.4 Å². The predicted octanol–water partition coefficient (Wildman–Crippen LogP) is 3.24. The summed E-state index contributed by atoms with van der Waals surface area (Å²) in [6, 6.07) is 12.1. The molecule has 0 spiro atoms. The summed E-state index contributed by atoms with van der Waals surface area (Å²) < 4.78 is 37.9. The molecule has 2 aromatic rings. The molecular formula is C23H30N2O5S. The Kier molecular flexibility index (Phi) is 7.92. The van der Waals surface area contributed by atoms with Crippen LogP contribution in [0.1, 0.15) is 41.6 Å². The van der Waals surface area contributed by atoms with Crippen molar-refractivity contribution in [2.75, 3.05) is 33.9 Å². The molecule has 1 aliphatic heterocycles. The van der Waals surface area contributed by atoms with Crippen molar-refractivity contribution in [3.05, 3.63) is 53.6 Å². The number of carbonyl (C=O) groups excluding carboxylic acids is 1. The van der Waals surface area contributed by atoms with Gasteiger partial charge in [-0.3, -0.25) is 4.79 Å². The normalized spacial score (nSPS) is 15.2. The van der Waals surface area contributed by atoms with Gasteiger partial charge in [0.1, 0.15) is 17.1 Å². The molecule has 1 aliphatic rings. The molecule has 0 unspecified atom stereocenters. The summed E-state index contributed by atoms with van der Waals surface area (Å²) >= 11 is 0. The van der Waals surface area contributed by atoms with Gasteiger partial charge in [-0.2, -0.15) is 4.31 Å². The zero-order valence-corrected chi connectivity index (χ0v) is 18.9. The Balaban J connectivity index is 1.60. The summed E-state index contributed by atoms with van der Waals surface area (Å²) in [6.45, 7) is 1.57. The van der Waals surface area contributed by atoms with Crippen molar-refractivity contribution in [1.82, 2.24) is 9.62 Å². The number of ether oxygens (including phenoxy) is 2. The molecule has 0 aromatic heterocycles. The molecule has 0 aliphatic carbocycles. The highest BCUT2D eigenvalue weighted by Crippen LogP contribution is 2.28. The molecule has 168 valence electrons. The van der Waals surface area contributed by atoms with Gasteiger partial charge in [-0.05, 0) is 49.1 Å². The second kappa shape index (κ2) is 10.6. The van der Waals surface area contributed by atoms with Crippen LogP contribution in [0.5, 0.6) is 11.5 Å². The van der Waals surface area contributed by atoms with Crippen LogP contribution in [0.3, 0.4) is 0 Å². The maximum Gasteiger partial charge on any atom is 0.258 e. The van der Waals surface area contributed by atoms with E-state index in [2.05, 4.69) is 5.32 Å². The monoisotopic (exact) mass is 446 g/mol. The van der Waals surface area contributed by atoms with Crippen molar-refractivity contribution in [2.45, 2.75) is 37.0 Å². The van der Waals surface area contributed by atoms with E-state index in [4.69, 9.17) is 9.47 Å². The van der Waals surface area contributed by atoms with E-state index < -0.39 is 10.0 Å². The van der Waals surface area contributed by atoms with Gasteiger partial charge in [0, 0.05) is 19.6 Å². The maximum atomic E-state index is 12.9. The van der Waals surface area contributed by atoms with Gasteiger partial charge < -0.3 is 14.8 Å². The van der Waals surface area contributed by atoms with Crippen LogP contribution in [-0.4, -0.2) is 52.5 Å². The van der Waals surface area contributed by atoms with Crippen molar-refractivity contribution >= 4 is 15.9 Å². The zero-order chi connectivity index (χ0) is 22.3. The number of sulfonamides is 1. The molecule has 2 aromatic carbocycles. The second-order valence-electron chi connectivity index (χ2n) is 7.51. The van der Waals surface area contributed by atoms with Crippen LogP contribution in [0.4, 0.5) is 0 Å².